The molecule has 1 fully saturated rings. The van der Waals surface area contributed by atoms with Gasteiger partial charge in [-0.1, -0.05) is 19.9 Å². The third-order valence-corrected chi connectivity index (χ3v) is 10.3. The Morgan fingerprint density at radius 1 is 1.13 bits per heavy atom. The van der Waals surface area contributed by atoms with Crippen LogP contribution in [0.25, 0.3) is 6.08 Å². The highest BCUT2D eigenvalue weighted by Gasteiger charge is 2.59. The zero-order valence-electron chi connectivity index (χ0n) is 28.8. The standard InChI is InChI=1S/C37H45N3O12/c1-19(2)11-24(42)7-9-36(35(49)50)15-22-14-27(44)33-25(8-10-37(52-33)34(48)32(47)31(46)28(17-41)51-37)30(22)40(36)29(45)6-4-20-3-5-26(43)21(12-20)13-23-16-38-18-39-23/h3-6,12,14,16,18-19,24,28,31-32,34,41-44,46-48H,7-11,13,15,17H2,1-2H3,(H,38,39)(H,49,50). The predicted octanol–water partition coefficient (Wildman–Crippen LogP) is 1.52. The zero-order chi connectivity index (χ0) is 37.5. The molecule has 3 aliphatic rings. The van der Waals surface area contributed by atoms with Crippen molar-refractivity contribution in [2.75, 3.05) is 11.5 Å². The maximum Gasteiger partial charge on any atom is 0.330 e. The Morgan fingerprint density at radius 3 is 2.58 bits per heavy atom. The van der Waals surface area contributed by atoms with Crippen molar-refractivity contribution in [3.63, 3.8) is 0 Å². The normalized spacial score (nSPS) is 27.5. The monoisotopic (exact) mass is 723 g/mol. The molecule has 0 bridgehead atoms. The minimum absolute atomic E-state index is 0.0296. The van der Waals surface area contributed by atoms with Crippen molar-refractivity contribution < 1.29 is 59.9 Å². The molecule has 6 rings (SSSR count). The number of aliphatic hydroxyl groups excluding tert-OH is 5. The van der Waals surface area contributed by atoms with E-state index >= 15 is 0 Å². The number of benzene rings is 2. The van der Waals surface area contributed by atoms with E-state index in [1.54, 1.807) is 18.3 Å². The van der Waals surface area contributed by atoms with Gasteiger partial charge >= 0.3 is 5.97 Å². The summed E-state index contributed by atoms with van der Waals surface area (Å²) in [5.41, 5.74) is 0.793. The fourth-order valence-corrected chi connectivity index (χ4v) is 7.69. The van der Waals surface area contributed by atoms with Crippen LogP contribution in [0.2, 0.25) is 0 Å². The number of carboxylic acid groups (broad SMARTS) is 1. The molecule has 2 aromatic carbocycles. The molecule has 1 amide bonds. The Bertz CT molecular complexity index is 1830. The van der Waals surface area contributed by atoms with E-state index in [0.717, 1.165) is 5.69 Å². The molecular weight excluding hydrogens is 678 g/mol. The second kappa shape index (κ2) is 14.5. The number of hydrogen-bond donors (Lipinski definition) is 9. The van der Waals surface area contributed by atoms with Crippen molar-refractivity contribution >= 4 is 23.6 Å². The molecule has 0 radical (unpaired) electrons. The first-order valence-corrected chi connectivity index (χ1v) is 17.3. The van der Waals surface area contributed by atoms with Crippen molar-refractivity contribution in [3.05, 3.63) is 70.8 Å². The number of aromatic amines is 1. The number of phenols is 2. The van der Waals surface area contributed by atoms with Crippen LogP contribution in [0, 0.1) is 5.92 Å². The number of carboxylic acids is 1. The molecule has 0 aliphatic carbocycles. The Kier molecular flexibility index (Phi) is 10.4. The second-order valence-electron chi connectivity index (χ2n) is 14.4. The minimum Gasteiger partial charge on any atom is -0.508 e. The van der Waals surface area contributed by atoms with Crippen LogP contribution < -0.4 is 9.64 Å². The van der Waals surface area contributed by atoms with Gasteiger partial charge in [0.2, 0.25) is 5.79 Å². The number of nitrogens with zero attached hydrogens (tertiary/aromatic N) is 2. The number of aliphatic carboxylic acids is 1. The molecule has 15 nitrogen and oxygen atoms in total. The number of carbonyl (C=O) groups is 2. The highest BCUT2D eigenvalue weighted by atomic mass is 16.7. The molecule has 1 saturated heterocycles. The van der Waals surface area contributed by atoms with Crippen molar-refractivity contribution in [1.29, 1.82) is 0 Å². The summed E-state index contributed by atoms with van der Waals surface area (Å²) in [5, 5.41) is 85.1. The molecule has 7 atom stereocenters. The number of H-pyrrole nitrogens is 1. The second-order valence-corrected chi connectivity index (χ2v) is 14.4. The SMILES string of the molecule is CC(C)CC(O)CCC1(C(=O)O)Cc2cc(O)c3c(c2N1C(=O)C=Cc1ccc(O)c(Cc2cnc[nH]2)c1)CCC1(O3)OC(CO)C(O)C(O)C1O. The fraction of sp³-hybridized carbons (Fsp3) is 0.486. The summed E-state index contributed by atoms with van der Waals surface area (Å²) in [4.78, 5) is 35.9. The van der Waals surface area contributed by atoms with Gasteiger partial charge in [0.15, 0.2) is 11.5 Å². The molecular formula is C37H45N3O12. The highest BCUT2D eigenvalue weighted by molar-refractivity contribution is 6.11. The van der Waals surface area contributed by atoms with Crippen molar-refractivity contribution in [1.82, 2.24) is 9.97 Å². The molecule has 3 aromatic rings. The number of aliphatic hydroxyl groups is 5. The number of rotatable bonds is 11. The van der Waals surface area contributed by atoms with Crippen LogP contribution in [0.4, 0.5) is 5.69 Å². The first kappa shape index (κ1) is 37.3. The Balaban J connectivity index is 1.40. The minimum atomic E-state index is -1.99. The van der Waals surface area contributed by atoms with Gasteiger partial charge < -0.3 is 55.3 Å². The van der Waals surface area contributed by atoms with Gasteiger partial charge in [-0.15, -0.1) is 0 Å². The molecule has 52 heavy (non-hydrogen) atoms. The molecule has 1 spiro atoms. The average Bonchev–Trinajstić information content (AvgIpc) is 3.74. The number of fused-ring (bicyclic) bond motifs is 3. The number of carbonyl (C=O) groups excluding carboxylic acids is 1. The number of aromatic nitrogens is 2. The number of ether oxygens (including phenoxy) is 2. The lowest BCUT2D eigenvalue weighted by Crippen LogP contribution is -2.68. The number of imidazole rings is 1. The summed E-state index contributed by atoms with van der Waals surface area (Å²) in [6.45, 7) is 3.16. The van der Waals surface area contributed by atoms with Crippen LogP contribution >= 0.6 is 0 Å². The predicted molar refractivity (Wildman–Crippen MR) is 185 cm³/mol. The van der Waals surface area contributed by atoms with Gasteiger partial charge in [0.05, 0.1) is 24.7 Å². The van der Waals surface area contributed by atoms with Crippen LogP contribution in [0.5, 0.6) is 17.2 Å². The molecule has 3 aliphatic heterocycles. The van der Waals surface area contributed by atoms with Crippen LogP contribution in [-0.2, 0) is 33.6 Å². The number of hydrogen-bond acceptors (Lipinski definition) is 12. The molecule has 9 N–H and O–H groups in total. The van der Waals surface area contributed by atoms with Gasteiger partial charge in [0.25, 0.3) is 5.91 Å². The van der Waals surface area contributed by atoms with E-state index < -0.39 is 66.1 Å². The Labute approximate surface area is 299 Å². The summed E-state index contributed by atoms with van der Waals surface area (Å²) >= 11 is 0. The van der Waals surface area contributed by atoms with Crippen molar-refractivity contribution in [2.24, 2.45) is 5.92 Å². The first-order valence-electron chi connectivity index (χ1n) is 17.3. The average molecular weight is 724 g/mol. The molecule has 4 heterocycles. The number of phenolic OH excluding ortho intramolecular Hbond substituents is 2. The molecule has 280 valence electrons. The van der Waals surface area contributed by atoms with E-state index in [1.807, 2.05) is 13.8 Å². The van der Waals surface area contributed by atoms with E-state index in [0.29, 0.717) is 29.5 Å². The summed E-state index contributed by atoms with van der Waals surface area (Å²) in [5.74, 6) is -4.48. The molecule has 7 unspecified atom stereocenters. The third-order valence-electron chi connectivity index (χ3n) is 10.3. The lowest BCUT2D eigenvalue weighted by Gasteiger charge is -2.50. The van der Waals surface area contributed by atoms with Crippen LogP contribution in [0.3, 0.4) is 0 Å². The fourth-order valence-electron chi connectivity index (χ4n) is 7.69. The van der Waals surface area contributed by atoms with E-state index in [4.69, 9.17) is 9.47 Å². The first-order chi connectivity index (χ1) is 24.7. The third kappa shape index (κ3) is 6.75. The zero-order valence-corrected chi connectivity index (χ0v) is 28.8. The van der Waals surface area contributed by atoms with Crippen LogP contribution in [0.15, 0.2) is 42.9 Å². The summed E-state index contributed by atoms with van der Waals surface area (Å²) in [6.07, 6.45) is -1.14. The van der Waals surface area contributed by atoms with Crippen LogP contribution in [0.1, 0.15) is 67.5 Å². The number of nitrogens with one attached hydrogen (secondary N) is 1. The van der Waals surface area contributed by atoms with Gasteiger partial charge in [0, 0.05) is 48.4 Å². The lowest BCUT2D eigenvalue weighted by molar-refractivity contribution is -0.342. The summed E-state index contributed by atoms with van der Waals surface area (Å²) in [6, 6.07) is 6.08. The number of amides is 1. The Morgan fingerprint density at radius 2 is 1.90 bits per heavy atom. The van der Waals surface area contributed by atoms with Gasteiger partial charge in [-0.3, -0.25) is 9.69 Å². The highest BCUT2D eigenvalue weighted by Crippen LogP contribution is 2.54. The van der Waals surface area contributed by atoms with Gasteiger partial charge in [0.1, 0.15) is 35.7 Å². The van der Waals surface area contributed by atoms with Gasteiger partial charge in [-0.25, -0.2) is 9.78 Å². The maximum absolute atomic E-state index is 14.4. The lowest BCUT2D eigenvalue weighted by atomic mass is 9.85. The van der Waals surface area contributed by atoms with Crippen LogP contribution in [-0.4, -0.2) is 111 Å². The molecule has 0 saturated carbocycles. The summed E-state index contributed by atoms with van der Waals surface area (Å²) < 4.78 is 11.9. The van der Waals surface area contributed by atoms with Gasteiger partial charge in [-0.05, 0) is 67.0 Å². The van der Waals surface area contributed by atoms with Crippen molar-refractivity contribution in [2.45, 2.75) is 101 Å². The number of anilines is 1. The van der Waals surface area contributed by atoms with E-state index in [9.17, 15) is 50.4 Å². The smallest absolute Gasteiger partial charge is 0.330 e. The van der Waals surface area contributed by atoms with Crippen molar-refractivity contribution in [3.8, 4) is 17.2 Å². The summed E-state index contributed by atoms with van der Waals surface area (Å²) in [7, 11) is 0. The Hall–Kier alpha value is -4.51. The molecule has 15 heteroatoms. The quantitative estimate of drug-likeness (QED) is 0.128. The largest absolute Gasteiger partial charge is 0.508 e. The maximum atomic E-state index is 14.4. The topological polar surface area (TPSA) is 246 Å². The van der Waals surface area contributed by atoms with E-state index in [1.165, 1.54) is 35.5 Å². The van der Waals surface area contributed by atoms with Gasteiger partial charge in [-0.2, -0.15) is 0 Å². The number of aromatic hydroxyl groups is 2. The van der Waals surface area contributed by atoms with E-state index in [-0.39, 0.29) is 60.8 Å². The van der Waals surface area contributed by atoms with E-state index in [2.05, 4.69) is 9.97 Å². The molecule has 1 aromatic heterocycles.